The molecule has 1 N–H and O–H groups in total. The molecular formula is C17H22FNO3. The van der Waals surface area contributed by atoms with Crippen molar-refractivity contribution in [3.05, 3.63) is 29.6 Å². The topological polar surface area (TPSA) is 55.4 Å². The molecule has 0 aliphatic heterocycles. The molecule has 120 valence electrons. The van der Waals surface area contributed by atoms with E-state index in [0.717, 1.165) is 18.9 Å². The summed E-state index contributed by atoms with van der Waals surface area (Å²) in [4.78, 5) is 23.3. The summed E-state index contributed by atoms with van der Waals surface area (Å²) in [5.41, 5.74) is 0.153. The fraction of sp³-hybridized carbons (Fsp3) is 0.529. The molecule has 22 heavy (non-hydrogen) atoms. The van der Waals surface area contributed by atoms with Crippen molar-refractivity contribution in [2.75, 3.05) is 13.2 Å². The maximum atomic E-state index is 13.1. The second-order valence-electron chi connectivity index (χ2n) is 5.79. The van der Waals surface area contributed by atoms with Gasteiger partial charge in [0.15, 0.2) is 12.4 Å². The summed E-state index contributed by atoms with van der Waals surface area (Å²) in [6, 6.07) is 3.71. The number of nitrogens with one attached hydrogen (secondary N) is 1. The van der Waals surface area contributed by atoms with Gasteiger partial charge in [-0.1, -0.05) is 19.3 Å². The first-order valence-electron chi connectivity index (χ1n) is 7.76. The van der Waals surface area contributed by atoms with Gasteiger partial charge >= 0.3 is 0 Å². The Hall–Kier alpha value is -1.91. The van der Waals surface area contributed by atoms with E-state index >= 15 is 0 Å². The summed E-state index contributed by atoms with van der Waals surface area (Å²) < 4.78 is 18.5. The van der Waals surface area contributed by atoms with Crippen molar-refractivity contribution in [2.45, 2.75) is 39.0 Å². The first kappa shape index (κ1) is 16.5. The number of carbonyl (C=O) groups excluding carboxylic acids is 2. The van der Waals surface area contributed by atoms with Crippen LogP contribution in [0.5, 0.6) is 5.75 Å². The van der Waals surface area contributed by atoms with Crippen molar-refractivity contribution in [1.29, 1.82) is 0 Å². The number of carbonyl (C=O) groups is 2. The summed E-state index contributed by atoms with van der Waals surface area (Å²) in [5.74, 6) is -0.223. The van der Waals surface area contributed by atoms with Gasteiger partial charge in [0.1, 0.15) is 11.6 Å². The summed E-state index contributed by atoms with van der Waals surface area (Å²) in [6.45, 7) is 1.84. The third-order valence-corrected chi connectivity index (χ3v) is 3.99. The van der Waals surface area contributed by atoms with Gasteiger partial charge < -0.3 is 10.1 Å². The minimum atomic E-state index is -0.501. The van der Waals surface area contributed by atoms with Crippen molar-refractivity contribution in [3.63, 3.8) is 0 Å². The van der Waals surface area contributed by atoms with E-state index in [4.69, 9.17) is 4.74 Å². The van der Waals surface area contributed by atoms with Gasteiger partial charge in [0.2, 0.25) is 0 Å². The van der Waals surface area contributed by atoms with Gasteiger partial charge in [-0.25, -0.2) is 4.39 Å². The maximum Gasteiger partial charge on any atom is 0.257 e. The van der Waals surface area contributed by atoms with Crippen LogP contribution in [0, 0.1) is 11.7 Å². The molecule has 2 rings (SSSR count). The fourth-order valence-corrected chi connectivity index (χ4v) is 2.75. The molecule has 0 spiro atoms. The Morgan fingerprint density at radius 3 is 2.68 bits per heavy atom. The number of amides is 1. The number of hydrogen-bond donors (Lipinski definition) is 1. The summed E-state index contributed by atoms with van der Waals surface area (Å²) in [7, 11) is 0. The zero-order chi connectivity index (χ0) is 15.9. The number of Topliss-reactive ketones (excluding diaryl/α,β-unsaturated/α-hetero) is 1. The highest BCUT2D eigenvalue weighted by molar-refractivity contribution is 5.96. The van der Waals surface area contributed by atoms with Crippen LogP contribution in [0.2, 0.25) is 0 Å². The first-order valence-corrected chi connectivity index (χ1v) is 7.76. The molecule has 5 heteroatoms. The van der Waals surface area contributed by atoms with E-state index in [9.17, 15) is 14.0 Å². The van der Waals surface area contributed by atoms with Crippen molar-refractivity contribution >= 4 is 11.7 Å². The summed E-state index contributed by atoms with van der Waals surface area (Å²) >= 11 is 0. The summed E-state index contributed by atoms with van der Waals surface area (Å²) in [6.07, 6.45) is 6.07. The van der Waals surface area contributed by atoms with Crippen molar-refractivity contribution in [2.24, 2.45) is 5.92 Å². The zero-order valence-electron chi connectivity index (χ0n) is 12.9. The van der Waals surface area contributed by atoms with Crippen LogP contribution in [0.3, 0.4) is 0 Å². The molecule has 1 aliphatic carbocycles. The number of halogens is 1. The maximum absolute atomic E-state index is 13.1. The molecule has 0 saturated heterocycles. The molecule has 1 fully saturated rings. The molecule has 1 saturated carbocycles. The zero-order valence-corrected chi connectivity index (χ0v) is 12.9. The quantitative estimate of drug-likeness (QED) is 0.822. The lowest BCUT2D eigenvalue weighted by molar-refractivity contribution is -0.123. The lowest BCUT2D eigenvalue weighted by atomic mass is 9.89. The minimum Gasteiger partial charge on any atom is -0.483 e. The number of ether oxygens (including phenoxy) is 1. The summed E-state index contributed by atoms with van der Waals surface area (Å²) in [5, 5.41) is 2.86. The molecular weight excluding hydrogens is 285 g/mol. The Balaban J connectivity index is 1.82. The third kappa shape index (κ3) is 4.83. The van der Waals surface area contributed by atoms with E-state index < -0.39 is 5.82 Å². The van der Waals surface area contributed by atoms with Crippen molar-refractivity contribution in [1.82, 2.24) is 5.32 Å². The SMILES string of the molecule is CC(=O)c1cc(F)ccc1OCC(=O)NCC1CCCCC1. The van der Waals surface area contributed by atoms with Crippen LogP contribution in [-0.2, 0) is 4.79 Å². The Labute approximate surface area is 130 Å². The second-order valence-corrected chi connectivity index (χ2v) is 5.79. The number of rotatable bonds is 6. The van der Waals surface area contributed by atoms with Gasteiger partial charge in [-0.3, -0.25) is 9.59 Å². The van der Waals surface area contributed by atoms with Crippen LogP contribution in [0.1, 0.15) is 49.4 Å². The molecule has 1 aliphatic rings. The van der Waals surface area contributed by atoms with Crippen LogP contribution in [0.15, 0.2) is 18.2 Å². The second kappa shape index (κ2) is 7.92. The fourth-order valence-electron chi connectivity index (χ4n) is 2.75. The largest absolute Gasteiger partial charge is 0.483 e. The third-order valence-electron chi connectivity index (χ3n) is 3.99. The van der Waals surface area contributed by atoms with Gasteiger partial charge in [0.25, 0.3) is 5.91 Å². The first-order chi connectivity index (χ1) is 10.6. The highest BCUT2D eigenvalue weighted by atomic mass is 19.1. The van der Waals surface area contributed by atoms with E-state index in [-0.39, 0.29) is 29.6 Å². The Kier molecular flexibility index (Phi) is 5.92. The average Bonchev–Trinajstić information content (AvgIpc) is 2.52. The molecule has 0 unspecified atom stereocenters. The van der Waals surface area contributed by atoms with E-state index in [1.165, 1.54) is 38.3 Å². The van der Waals surface area contributed by atoms with Gasteiger partial charge in [0, 0.05) is 6.54 Å². The smallest absolute Gasteiger partial charge is 0.257 e. The number of benzene rings is 1. The highest BCUT2D eigenvalue weighted by Crippen LogP contribution is 2.23. The molecule has 1 aromatic carbocycles. The molecule has 0 bridgehead atoms. The molecule has 0 radical (unpaired) electrons. The van der Waals surface area contributed by atoms with Crippen LogP contribution in [0.25, 0.3) is 0 Å². The average molecular weight is 307 g/mol. The number of hydrogen-bond acceptors (Lipinski definition) is 3. The Bertz CT molecular complexity index is 539. The highest BCUT2D eigenvalue weighted by Gasteiger charge is 2.15. The predicted octanol–water partition coefficient (Wildman–Crippen LogP) is 3.10. The normalized spacial score (nSPS) is 15.4. The van der Waals surface area contributed by atoms with Gasteiger partial charge in [0.05, 0.1) is 5.56 Å². The molecule has 0 aromatic heterocycles. The van der Waals surface area contributed by atoms with Gasteiger partial charge in [-0.15, -0.1) is 0 Å². The van der Waals surface area contributed by atoms with E-state index in [1.807, 2.05) is 0 Å². The van der Waals surface area contributed by atoms with Gasteiger partial charge in [-0.05, 0) is 43.9 Å². The van der Waals surface area contributed by atoms with E-state index in [2.05, 4.69) is 5.32 Å². The lowest BCUT2D eigenvalue weighted by Gasteiger charge is -2.21. The van der Waals surface area contributed by atoms with E-state index in [1.54, 1.807) is 0 Å². The lowest BCUT2D eigenvalue weighted by Crippen LogP contribution is -2.33. The van der Waals surface area contributed by atoms with Crippen molar-refractivity contribution < 1.29 is 18.7 Å². The van der Waals surface area contributed by atoms with Crippen LogP contribution in [0.4, 0.5) is 4.39 Å². The molecule has 1 amide bonds. The van der Waals surface area contributed by atoms with Gasteiger partial charge in [-0.2, -0.15) is 0 Å². The monoisotopic (exact) mass is 307 g/mol. The molecule has 0 heterocycles. The van der Waals surface area contributed by atoms with Crippen LogP contribution < -0.4 is 10.1 Å². The number of ketones is 1. The van der Waals surface area contributed by atoms with E-state index in [0.29, 0.717) is 12.5 Å². The Morgan fingerprint density at radius 2 is 2.00 bits per heavy atom. The van der Waals surface area contributed by atoms with Crippen molar-refractivity contribution in [3.8, 4) is 5.75 Å². The molecule has 1 aromatic rings. The van der Waals surface area contributed by atoms with Crippen LogP contribution >= 0.6 is 0 Å². The standard InChI is InChI=1S/C17H22FNO3/c1-12(20)15-9-14(18)7-8-16(15)22-11-17(21)19-10-13-5-3-2-4-6-13/h7-9,13H,2-6,10-11H2,1H3,(H,19,21). The van der Waals surface area contributed by atoms with Crippen LogP contribution in [-0.4, -0.2) is 24.8 Å². The molecule has 4 nitrogen and oxygen atoms in total. The minimum absolute atomic E-state index is 0.153. The predicted molar refractivity (Wildman–Crippen MR) is 81.5 cm³/mol. The Morgan fingerprint density at radius 1 is 1.27 bits per heavy atom. The molecule has 0 atom stereocenters.